The van der Waals surface area contributed by atoms with E-state index in [1.165, 1.54) is 44.9 Å². The van der Waals surface area contributed by atoms with Crippen LogP contribution in [0.3, 0.4) is 0 Å². The van der Waals surface area contributed by atoms with E-state index in [9.17, 15) is 4.79 Å². The smallest absolute Gasteiger partial charge is 0.338 e. The fourth-order valence-corrected chi connectivity index (χ4v) is 3.78. The van der Waals surface area contributed by atoms with Gasteiger partial charge in [0.25, 0.3) is 0 Å². The van der Waals surface area contributed by atoms with E-state index in [2.05, 4.69) is 22.9 Å². The van der Waals surface area contributed by atoms with Crippen LogP contribution in [0.1, 0.15) is 76.3 Å². The summed E-state index contributed by atoms with van der Waals surface area (Å²) in [5.74, 6) is 0.538. The number of benzene rings is 2. The van der Waals surface area contributed by atoms with Crippen LogP contribution in [0.5, 0.6) is 5.75 Å². The number of hydrogen-bond donors (Lipinski definition) is 0. The van der Waals surface area contributed by atoms with E-state index in [1.807, 2.05) is 61.5 Å². The Morgan fingerprint density at radius 1 is 0.903 bits per heavy atom. The Hall–Kier alpha value is -2.07. The Labute approximate surface area is 196 Å². The minimum absolute atomic E-state index is 0.323. The maximum Gasteiger partial charge on any atom is 0.338 e. The van der Waals surface area contributed by atoms with Crippen molar-refractivity contribution >= 4 is 33.5 Å². The van der Waals surface area contributed by atoms with Gasteiger partial charge in [-0.25, -0.2) is 4.79 Å². The van der Waals surface area contributed by atoms with Gasteiger partial charge in [0, 0.05) is 4.47 Å². The van der Waals surface area contributed by atoms with Crippen LogP contribution in [0.2, 0.25) is 0 Å². The number of rotatable bonds is 14. The van der Waals surface area contributed by atoms with Crippen molar-refractivity contribution in [2.45, 2.75) is 65.2 Å². The van der Waals surface area contributed by atoms with Crippen molar-refractivity contribution in [2.24, 2.45) is 0 Å². The van der Waals surface area contributed by atoms with Crippen LogP contribution < -0.4 is 4.74 Å². The molecule has 0 N–H and O–H groups in total. The summed E-state index contributed by atoms with van der Waals surface area (Å²) in [5.41, 5.74) is 2.29. The highest BCUT2D eigenvalue weighted by Gasteiger charge is 2.13. The van der Waals surface area contributed by atoms with E-state index in [-0.39, 0.29) is 5.97 Å². The Kier molecular flexibility index (Phi) is 12.1. The van der Waals surface area contributed by atoms with Crippen LogP contribution in [0.25, 0.3) is 11.6 Å². The summed E-state index contributed by atoms with van der Waals surface area (Å²) in [7, 11) is 0. The lowest BCUT2D eigenvalue weighted by Crippen LogP contribution is -2.07. The van der Waals surface area contributed by atoms with E-state index in [4.69, 9.17) is 9.47 Å². The lowest BCUT2D eigenvalue weighted by atomic mass is 10.0. The number of carbonyl (C=O) groups excluding carboxylic acids is 1. The molecule has 168 valence electrons. The van der Waals surface area contributed by atoms with Crippen molar-refractivity contribution in [2.75, 3.05) is 13.2 Å². The molecule has 4 heteroatoms. The molecule has 2 rings (SSSR count). The van der Waals surface area contributed by atoms with Crippen molar-refractivity contribution in [3.8, 4) is 5.75 Å². The summed E-state index contributed by atoms with van der Waals surface area (Å²) in [4.78, 5) is 12.5. The monoisotopic (exact) mass is 486 g/mol. The molecule has 0 aliphatic carbocycles. The molecule has 0 saturated heterocycles. The van der Waals surface area contributed by atoms with Crippen molar-refractivity contribution in [1.29, 1.82) is 0 Å². The minimum atomic E-state index is -0.323. The molecule has 0 amide bonds. The summed E-state index contributed by atoms with van der Waals surface area (Å²) in [6.07, 6.45) is 12.2. The van der Waals surface area contributed by atoms with Gasteiger partial charge >= 0.3 is 5.97 Å². The van der Waals surface area contributed by atoms with Gasteiger partial charge in [-0.1, -0.05) is 92.1 Å². The fourth-order valence-electron chi connectivity index (χ4n) is 3.38. The Bertz CT molecular complexity index is 811. The van der Waals surface area contributed by atoms with Gasteiger partial charge in [0.1, 0.15) is 5.75 Å². The third-order valence-electron chi connectivity index (χ3n) is 5.09. The predicted octanol–water partition coefficient (Wildman–Crippen LogP) is 8.07. The topological polar surface area (TPSA) is 35.5 Å². The van der Waals surface area contributed by atoms with Crippen molar-refractivity contribution < 1.29 is 14.3 Å². The first kappa shape index (κ1) is 25.2. The number of ether oxygens (including phenoxy) is 2. The number of unbranched alkanes of at least 4 members (excludes halogenated alkanes) is 7. The Morgan fingerprint density at radius 3 is 2.23 bits per heavy atom. The number of hydrogen-bond acceptors (Lipinski definition) is 3. The summed E-state index contributed by atoms with van der Waals surface area (Å²) >= 11 is 3.47. The quantitative estimate of drug-likeness (QED) is 0.117. The van der Waals surface area contributed by atoms with Crippen molar-refractivity contribution in [3.63, 3.8) is 0 Å². The highest BCUT2D eigenvalue weighted by molar-refractivity contribution is 9.10. The molecular formula is C27H35BrO3. The second kappa shape index (κ2) is 14.9. The zero-order valence-corrected chi connectivity index (χ0v) is 20.5. The third kappa shape index (κ3) is 9.73. The highest BCUT2D eigenvalue weighted by atomic mass is 79.9. The SMILES string of the molecule is CCCCCCCCCCOc1ccc(/C=C(/C(=O)OCC)c2cccc(Br)c2)cc1. The molecule has 3 nitrogen and oxygen atoms in total. The molecule has 0 aliphatic rings. The number of carbonyl (C=O) groups is 1. The van der Waals surface area contributed by atoms with Crippen LogP contribution >= 0.6 is 15.9 Å². The second-order valence-corrected chi connectivity index (χ2v) is 8.60. The molecule has 0 bridgehead atoms. The van der Waals surface area contributed by atoms with Crippen LogP contribution in [0, 0.1) is 0 Å². The highest BCUT2D eigenvalue weighted by Crippen LogP contribution is 2.24. The molecule has 0 heterocycles. The molecule has 0 saturated carbocycles. The first-order valence-electron chi connectivity index (χ1n) is 11.5. The molecular weight excluding hydrogens is 452 g/mol. The maximum absolute atomic E-state index is 12.5. The molecule has 0 atom stereocenters. The Morgan fingerprint density at radius 2 is 1.58 bits per heavy atom. The van der Waals surface area contributed by atoms with Crippen LogP contribution in [-0.2, 0) is 9.53 Å². The minimum Gasteiger partial charge on any atom is -0.494 e. The van der Waals surface area contributed by atoms with Crippen LogP contribution in [-0.4, -0.2) is 19.2 Å². The van der Waals surface area contributed by atoms with E-state index in [0.29, 0.717) is 12.2 Å². The first-order valence-corrected chi connectivity index (χ1v) is 12.3. The molecule has 2 aromatic carbocycles. The molecule has 2 aromatic rings. The van der Waals surface area contributed by atoms with Crippen LogP contribution in [0.15, 0.2) is 53.0 Å². The summed E-state index contributed by atoms with van der Waals surface area (Å²) in [5, 5.41) is 0. The number of esters is 1. The lowest BCUT2D eigenvalue weighted by molar-refractivity contribution is -0.136. The lowest BCUT2D eigenvalue weighted by Gasteiger charge is -2.09. The van der Waals surface area contributed by atoms with Gasteiger partial charge in [-0.15, -0.1) is 0 Å². The van der Waals surface area contributed by atoms with Crippen molar-refractivity contribution in [1.82, 2.24) is 0 Å². The predicted molar refractivity (Wildman–Crippen MR) is 133 cm³/mol. The normalized spacial score (nSPS) is 11.4. The van der Waals surface area contributed by atoms with Gasteiger partial charge in [-0.3, -0.25) is 0 Å². The van der Waals surface area contributed by atoms with Gasteiger partial charge in [-0.05, 0) is 54.8 Å². The van der Waals surface area contributed by atoms with Crippen molar-refractivity contribution in [3.05, 3.63) is 64.1 Å². The zero-order chi connectivity index (χ0) is 22.3. The second-order valence-electron chi connectivity index (χ2n) is 7.68. The van der Waals surface area contributed by atoms with E-state index < -0.39 is 0 Å². The largest absolute Gasteiger partial charge is 0.494 e. The average molecular weight is 487 g/mol. The molecule has 0 fully saturated rings. The molecule has 0 radical (unpaired) electrons. The summed E-state index contributed by atoms with van der Waals surface area (Å²) in [6.45, 7) is 5.16. The Balaban J connectivity index is 1.88. The molecule has 0 aromatic heterocycles. The summed E-state index contributed by atoms with van der Waals surface area (Å²) in [6, 6.07) is 15.5. The average Bonchev–Trinajstić information content (AvgIpc) is 2.77. The van der Waals surface area contributed by atoms with Gasteiger partial charge in [0.15, 0.2) is 0 Å². The van der Waals surface area contributed by atoms with E-state index in [0.717, 1.165) is 34.4 Å². The van der Waals surface area contributed by atoms with Gasteiger partial charge < -0.3 is 9.47 Å². The number of halogens is 1. The standard InChI is InChI=1S/C27H35BrO3/c1-3-5-6-7-8-9-10-11-19-31-25-17-15-22(16-18-25)20-26(27(29)30-4-2)23-13-12-14-24(28)21-23/h12-18,20-21H,3-11,19H2,1-2H3/b26-20+. The molecule has 0 aliphatic heterocycles. The summed E-state index contributed by atoms with van der Waals surface area (Å²) < 4.78 is 12.1. The fraction of sp³-hybridized carbons (Fsp3) is 0.444. The first-order chi connectivity index (χ1) is 15.1. The maximum atomic E-state index is 12.5. The zero-order valence-electron chi connectivity index (χ0n) is 18.9. The van der Waals surface area contributed by atoms with Gasteiger partial charge in [0.05, 0.1) is 18.8 Å². The molecule has 0 spiro atoms. The van der Waals surface area contributed by atoms with Gasteiger partial charge in [-0.2, -0.15) is 0 Å². The van der Waals surface area contributed by atoms with Gasteiger partial charge in [0.2, 0.25) is 0 Å². The van der Waals surface area contributed by atoms with E-state index >= 15 is 0 Å². The van der Waals surface area contributed by atoms with E-state index in [1.54, 1.807) is 0 Å². The van der Waals surface area contributed by atoms with Crippen LogP contribution in [0.4, 0.5) is 0 Å². The molecule has 0 unspecified atom stereocenters. The molecule has 31 heavy (non-hydrogen) atoms. The third-order valence-corrected chi connectivity index (χ3v) is 5.58.